The van der Waals surface area contributed by atoms with E-state index in [0.29, 0.717) is 22.8 Å². The molecule has 0 saturated heterocycles. The highest BCUT2D eigenvalue weighted by molar-refractivity contribution is 6.16. The number of nitrogens with one attached hydrogen (secondary N) is 1. The first-order chi connectivity index (χ1) is 51.7. The summed E-state index contributed by atoms with van der Waals surface area (Å²) in [6, 6.07) is 125. The lowest BCUT2D eigenvalue weighted by Crippen LogP contribution is -2.10. The molecular weight excluding hydrogens is 1280 g/mol. The number of allylic oxidation sites excluding steroid dienone is 2. The van der Waals surface area contributed by atoms with Crippen molar-refractivity contribution in [2.75, 3.05) is 0 Å². The summed E-state index contributed by atoms with van der Waals surface area (Å²) in [7, 11) is 0. The minimum absolute atomic E-state index is 0.0107. The molecule has 17 aromatic rings. The van der Waals surface area contributed by atoms with Gasteiger partial charge < -0.3 is 5.73 Å². The molecule has 0 saturated carbocycles. The molecule has 0 amide bonds. The molecule has 0 bridgehead atoms. The Labute approximate surface area is 609 Å². The maximum absolute atomic E-state index is 12.9. The molecule has 105 heavy (non-hydrogen) atoms. The van der Waals surface area contributed by atoms with Gasteiger partial charge in [0.15, 0.2) is 23.2 Å². The van der Waals surface area contributed by atoms with Crippen molar-refractivity contribution < 1.29 is 9.59 Å². The Hall–Kier alpha value is -14.2. The van der Waals surface area contributed by atoms with Crippen LogP contribution in [-0.4, -0.2) is 37.3 Å². The number of amidine groups is 1. The highest BCUT2D eigenvalue weighted by atomic mass is 16.1. The summed E-state index contributed by atoms with van der Waals surface area (Å²) in [4.78, 5) is 46.1. The van der Waals surface area contributed by atoms with E-state index in [1.54, 1.807) is 12.2 Å². The summed E-state index contributed by atoms with van der Waals surface area (Å²) in [5.41, 5.74) is 23.5. The number of nitrogens with two attached hydrogens (primary N) is 1. The summed E-state index contributed by atoms with van der Waals surface area (Å²) >= 11 is 0. The van der Waals surface area contributed by atoms with Crippen molar-refractivity contribution in [3.05, 3.63) is 410 Å². The lowest BCUT2D eigenvalue weighted by Gasteiger charge is -2.12. The topological polar surface area (TPSA) is 136 Å². The van der Waals surface area contributed by atoms with Crippen LogP contribution >= 0.6 is 0 Å². The van der Waals surface area contributed by atoms with E-state index in [1.807, 2.05) is 188 Å². The number of ketones is 2. The molecule has 17 rings (SSSR count). The molecule has 3 N–H and O–H groups in total. The van der Waals surface area contributed by atoms with E-state index < -0.39 is 0 Å². The Morgan fingerprint density at radius 1 is 0.267 bits per heavy atom. The molecule has 0 aliphatic heterocycles. The zero-order valence-electron chi connectivity index (χ0n) is 57.2. The SMILES string of the molecule is N=C(N)c1ccccc1.O=C(/C=C/c1ccc(-c2ccc(/C=C/C(=O)c3cccc4ccccc34)cc2)cc1)c1cccc2ccccc12.c1ccc(-c2nc(-c3ccc(-c4ccc(-c5cc(-c6cccc7ccccc67)nc(-c6ccccc6)n5)cc4)cc3)cc(-c3cccc4ccccc34)n2)cc1. The number of hydrogen-bond donors (Lipinski definition) is 2. The molecule has 2 heterocycles. The predicted octanol–water partition coefficient (Wildman–Crippen LogP) is 23.7. The van der Waals surface area contributed by atoms with E-state index in [-0.39, 0.29) is 17.4 Å². The smallest absolute Gasteiger partial charge is 0.186 e. The number of rotatable bonds is 15. The van der Waals surface area contributed by atoms with Crippen molar-refractivity contribution in [2.24, 2.45) is 5.73 Å². The maximum atomic E-state index is 12.9. The molecule has 0 fully saturated rings. The van der Waals surface area contributed by atoms with E-state index in [1.165, 1.54) is 21.5 Å². The van der Waals surface area contributed by atoms with E-state index in [9.17, 15) is 9.59 Å². The number of hydrogen-bond acceptors (Lipinski definition) is 7. The van der Waals surface area contributed by atoms with Crippen molar-refractivity contribution in [3.63, 3.8) is 0 Å². The van der Waals surface area contributed by atoms with Gasteiger partial charge in [-0.25, -0.2) is 19.9 Å². The van der Waals surface area contributed by atoms with Gasteiger partial charge in [0.25, 0.3) is 0 Å². The van der Waals surface area contributed by atoms with Gasteiger partial charge in [0.2, 0.25) is 0 Å². The molecule has 15 aromatic carbocycles. The van der Waals surface area contributed by atoms with Gasteiger partial charge in [-0.15, -0.1) is 0 Å². The number of aromatic nitrogens is 4. The van der Waals surface area contributed by atoms with Crippen molar-refractivity contribution in [1.29, 1.82) is 5.41 Å². The van der Waals surface area contributed by atoms with Gasteiger partial charge in [-0.3, -0.25) is 15.0 Å². The first kappa shape index (κ1) is 66.7. The normalized spacial score (nSPS) is 11.1. The Morgan fingerprint density at radius 3 is 0.914 bits per heavy atom. The molecule has 8 nitrogen and oxygen atoms in total. The Kier molecular flexibility index (Phi) is 19.8. The average molecular weight is 1350 g/mol. The number of carbonyl (C=O) groups excluding carboxylic acids is 2. The fraction of sp³-hybridized carbons (Fsp3) is 0. The highest BCUT2D eigenvalue weighted by Crippen LogP contribution is 2.36. The largest absolute Gasteiger partial charge is 0.384 e. The van der Waals surface area contributed by atoms with Crippen LogP contribution in [0.3, 0.4) is 0 Å². The van der Waals surface area contributed by atoms with Crippen LogP contribution in [0.25, 0.3) is 145 Å². The minimum Gasteiger partial charge on any atom is -0.384 e. The maximum Gasteiger partial charge on any atom is 0.186 e. The summed E-state index contributed by atoms with van der Waals surface area (Å²) in [6.07, 6.45) is 6.98. The first-order valence-electron chi connectivity index (χ1n) is 34.8. The van der Waals surface area contributed by atoms with Gasteiger partial charge in [-0.2, -0.15) is 0 Å². The predicted molar refractivity (Wildman–Crippen MR) is 435 cm³/mol. The zero-order chi connectivity index (χ0) is 71.3. The van der Waals surface area contributed by atoms with Crippen LogP contribution in [-0.2, 0) is 0 Å². The van der Waals surface area contributed by atoms with E-state index in [0.717, 1.165) is 117 Å². The molecular formula is C97H68N6O2. The third-order valence-corrected chi connectivity index (χ3v) is 18.5. The Bertz CT molecular complexity index is 5690. The molecule has 2 aromatic heterocycles. The van der Waals surface area contributed by atoms with Crippen LogP contribution in [0, 0.1) is 5.41 Å². The molecule has 498 valence electrons. The molecule has 0 aliphatic carbocycles. The third kappa shape index (κ3) is 15.4. The summed E-state index contributed by atoms with van der Waals surface area (Å²) < 4.78 is 0. The van der Waals surface area contributed by atoms with Gasteiger partial charge in [-0.1, -0.05) is 370 Å². The molecule has 0 atom stereocenters. The Morgan fingerprint density at radius 2 is 0.552 bits per heavy atom. The summed E-state index contributed by atoms with van der Waals surface area (Å²) in [5.74, 6) is 1.51. The van der Waals surface area contributed by atoms with Gasteiger partial charge in [-0.05, 0) is 101 Å². The number of nitrogens with zero attached hydrogens (tertiary/aromatic N) is 4. The summed E-state index contributed by atoms with van der Waals surface area (Å²) in [6.45, 7) is 0. The van der Waals surface area contributed by atoms with Gasteiger partial charge >= 0.3 is 0 Å². The lowest BCUT2D eigenvalue weighted by atomic mass is 9.98. The van der Waals surface area contributed by atoms with Crippen LogP contribution in [0.5, 0.6) is 0 Å². The second-order valence-electron chi connectivity index (χ2n) is 25.3. The number of benzene rings is 15. The fourth-order valence-corrected chi connectivity index (χ4v) is 13.1. The highest BCUT2D eigenvalue weighted by Gasteiger charge is 2.17. The fourth-order valence-electron chi connectivity index (χ4n) is 13.1. The van der Waals surface area contributed by atoms with Gasteiger partial charge in [0, 0.05) is 50.1 Å². The monoisotopic (exact) mass is 1350 g/mol. The van der Waals surface area contributed by atoms with Crippen molar-refractivity contribution in [3.8, 4) is 90.1 Å². The molecule has 0 radical (unpaired) electrons. The molecule has 0 spiro atoms. The molecule has 0 unspecified atom stereocenters. The molecule has 0 aliphatic rings. The quantitative estimate of drug-likeness (QED) is 0.0451. The second-order valence-corrected chi connectivity index (χ2v) is 25.3. The standard InChI is InChI=1S/C52H34N4.C38H26O2.C7H8N2/c1-3-15-41(16-4-1)51-53-47(33-49(55-51)45-23-11-19-37-13-7-9-21-43(37)45)39-29-25-35(26-30-39)36-27-31-40(32-28-36)48-34-50(56-52(54-48)42-17-5-2-6-18-42)46-24-12-20-38-14-8-10-22-44(38)46;39-37(35-13-5-9-31-7-1-3-11-33(31)35)25-19-27-15-21-29(22-16-27)30-23-17-28(18-24-30)20-26-38(40)36-14-6-10-32-8-2-4-12-34(32)36;8-7(9)6-4-2-1-3-5-6/h1-34H;1-26H;1-5H,(H3,8,9)/b;25-19+,26-20+;. The van der Waals surface area contributed by atoms with Crippen molar-refractivity contribution >= 4 is 72.6 Å². The first-order valence-corrected chi connectivity index (χ1v) is 34.8. The zero-order valence-corrected chi connectivity index (χ0v) is 57.2. The van der Waals surface area contributed by atoms with Gasteiger partial charge in [0.05, 0.1) is 22.8 Å². The van der Waals surface area contributed by atoms with Crippen LogP contribution in [0.15, 0.2) is 382 Å². The van der Waals surface area contributed by atoms with E-state index in [2.05, 4.69) is 194 Å². The van der Waals surface area contributed by atoms with Crippen LogP contribution < -0.4 is 5.73 Å². The lowest BCUT2D eigenvalue weighted by molar-refractivity contribution is 0.104. The van der Waals surface area contributed by atoms with Crippen molar-refractivity contribution in [2.45, 2.75) is 0 Å². The minimum atomic E-state index is -0.0107. The molecule has 8 heteroatoms. The third-order valence-electron chi connectivity index (χ3n) is 18.5. The number of fused-ring (bicyclic) bond motifs is 4. The van der Waals surface area contributed by atoms with E-state index >= 15 is 0 Å². The second kappa shape index (κ2) is 31.1. The van der Waals surface area contributed by atoms with E-state index in [4.69, 9.17) is 31.1 Å². The van der Waals surface area contributed by atoms with Crippen LogP contribution in [0.1, 0.15) is 37.4 Å². The summed E-state index contributed by atoms with van der Waals surface area (Å²) in [5, 5.41) is 15.8. The van der Waals surface area contributed by atoms with Gasteiger partial charge in [0.1, 0.15) is 5.84 Å². The average Bonchev–Trinajstić information content (AvgIpc) is 0.794. The van der Waals surface area contributed by atoms with Crippen LogP contribution in [0.4, 0.5) is 0 Å². The number of nitrogen functional groups attached to an aromatic ring is 1. The Balaban J connectivity index is 0.000000157. The number of carbonyl (C=O) groups is 2. The van der Waals surface area contributed by atoms with Crippen molar-refractivity contribution in [1.82, 2.24) is 19.9 Å². The van der Waals surface area contributed by atoms with Crippen LogP contribution in [0.2, 0.25) is 0 Å².